The summed E-state index contributed by atoms with van der Waals surface area (Å²) in [6.07, 6.45) is 3.77. The third-order valence-electron chi connectivity index (χ3n) is 4.60. The SMILES string of the molecule is CN=C(NCC(C)Cn1cccn1)N1CCN(S(=O)(=O)CCOC(C)C)CC1.I. The number of rotatable bonds is 9. The minimum absolute atomic E-state index is 0. The largest absolute Gasteiger partial charge is 0.378 e. The van der Waals surface area contributed by atoms with E-state index >= 15 is 0 Å². The quantitative estimate of drug-likeness (QED) is 0.286. The zero-order chi connectivity index (χ0) is 20.6. The normalized spacial score (nSPS) is 17.3. The fourth-order valence-electron chi connectivity index (χ4n) is 3.09. The second-order valence-electron chi connectivity index (χ2n) is 7.38. The number of guanidine groups is 1. The molecule has 0 saturated carbocycles. The van der Waals surface area contributed by atoms with E-state index in [1.807, 2.05) is 30.8 Å². The lowest BCUT2D eigenvalue weighted by molar-refractivity contribution is 0.0904. The van der Waals surface area contributed by atoms with E-state index < -0.39 is 10.0 Å². The van der Waals surface area contributed by atoms with Gasteiger partial charge in [-0.05, 0) is 25.8 Å². The van der Waals surface area contributed by atoms with Crippen molar-refractivity contribution in [3.63, 3.8) is 0 Å². The van der Waals surface area contributed by atoms with Crippen LogP contribution in [0.25, 0.3) is 0 Å². The maximum atomic E-state index is 12.5. The zero-order valence-electron chi connectivity index (χ0n) is 17.8. The van der Waals surface area contributed by atoms with Crippen LogP contribution in [0.1, 0.15) is 20.8 Å². The van der Waals surface area contributed by atoms with Crippen molar-refractivity contribution in [2.24, 2.45) is 10.9 Å². The van der Waals surface area contributed by atoms with Crippen LogP contribution >= 0.6 is 24.0 Å². The summed E-state index contributed by atoms with van der Waals surface area (Å²) in [6, 6.07) is 1.92. The van der Waals surface area contributed by atoms with Crippen molar-refractivity contribution >= 4 is 40.0 Å². The van der Waals surface area contributed by atoms with Crippen molar-refractivity contribution in [2.75, 3.05) is 52.1 Å². The van der Waals surface area contributed by atoms with Gasteiger partial charge in [0.25, 0.3) is 0 Å². The number of hydrogen-bond acceptors (Lipinski definition) is 5. The lowest BCUT2D eigenvalue weighted by Crippen LogP contribution is -2.54. The Morgan fingerprint density at radius 2 is 1.93 bits per heavy atom. The molecule has 0 spiro atoms. The summed E-state index contributed by atoms with van der Waals surface area (Å²) in [7, 11) is -1.52. The average Bonchev–Trinajstić information content (AvgIpc) is 3.15. The summed E-state index contributed by atoms with van der Waals surface area (Å²) in [5.74, 6) is 1.23. The molecule has 2 rings (SSSR count). The molecule has 168 valence electrons. The first kappa shape index (κ1) is 26.1. The highest BCUT2D eigenvalue weighted by molar-refractivity contribution is 14.0. The Kier molecular flexibility index (Phi) is 11.4. The van der Waals surface area contributed by atoms with Crippen LogP contribution in [0.5, 0.6) is 0 Å². The van der Waals surface area contributed by atoms with E-state index in [0.29, 0.717) is 32.1 Å². The molecular weight excluding hydrogens is 507 g/mol. The smallest absolute Gasteiger partial charge is 0.216 e. The average molecular weight is 542 g/mol. The second-order valence-corrected chi connectivity index (χ2v) is 9.47. The Hall–Kier alpha value is -0.920. The molecule has 11 heteroatoms. The predicted octanol–water partition coefficient (Wildman–Crippen LogP) is 1.09. The van der Waals surface area contributed by atoms with Crippen LogP contribution < -0.4 is 5.32 Å². The van der Waals surface area contributed by atoms with Crippen LogP contribution in [0, 0.1) is 5.92 Å². The van der Waals surface area contributed by atoms with Crippen LogP contribution in [0.3, 0.4) is 0 Å². The summed E-state index contributed by atoms with van der Waals surface area (Å²) in [6.45, 7) is 9.98. The fraction of sp³-hybridized carbons (Fsp3) is 0.778. The maximum Gasteiger partial charge on any atom is 0.216 e. The molecule has 1 atom stereocenters. The second kappa shape index (κ2) is 12.7. The summed E-state index contributed by atoms with van der Waals surface area (Å²) in [5.41, 5.74) is 0. The number of nitrogens with one attached hydrogen (secondary N) is 1. The molecule has 1 saturated heterocycles. The molecule has 2 heterocycles. The van der Waals surface area contributed by atoms with Gasteiger partial charge in [0.05, 0.1) is 18.5 Å². The zero-order valence-corrected chi connectivity index (χ0v) is 21.0. The summed E-state index contributed by atoms with van der Waals surface area (Å²) in [4.78, 5) is 6.47. The summed E-state index contributed by atoms with van der Waals surface area (Å²) in [5, 5.41) is 7.63. The molecule has 1 N–H and O–H groups in total. The fourth-order valence-corrected chi connectivity index (χ4v) is 4.37. The highest BCUT2D eigenvalue weighted by Crippen LogP contribution is 2.09. The molecule has 1 aromatic heterocycles. The Bertz CT molecular complexity index is 703. The number of nitrogens with zero attached hydrogens (tertiary/aromatic N) is 5. The first-order chi connectivity index (χ1) is 13.3. The van der Waals surface area contributed by atoms with Crippen LogP contribution in [0.4, 0.5) is 0 Å². The number of sulfonamides is 1. The number of hydrogen-bond donors (Lipinski definition) is 1. The van der Waals surface area contributed by atoms with E-state index in [1.54, 1.807) is 17.5 Å². The summed E-state index contributed by atoms with van der Waals surface area (Å²) < 4.78 is 33.8. The molecule has 1 aliphatic heterocycles. The minimum Gasteiger partial charge on any atom is -0.378 e. The van der Waals surface area contributed by atoms with Gasteiger partial charge in [0.2, 0.25) is 10.0 Å². The molecule has 1 unspecified atom stereocenters. The van der Waals surface area contributed by atoms with Crippen molar-refractivity contribution in [3.05, 3.63) is 18.5 Å². The van der Waals surface area contributed by atoms with Crippen LogP contribution in [0.2, 0.25) is 0 Å². The van der Waals surface area contributed by atoms with E-state index in [2.05, 4.69) is 27.2 Å². The van der Waals surface area contributed by atoms with E-state index in [-0.39, 0.29) is 42.4 Å². The highest BCUT2D eigenvalue weighted by atomic mass is 127. The van der Waals surface area contributed by atoms with Gasteiger partial charge < -0.3 is 15.0 Å². The number of aliphatic imine (C=N–C) groups is 1. The van der Waals surface area contributed by atoms with Crippen molar-refractivity contribution in [2.45, 2.75) is 33.4 Å². The number of ether oxygens (including phenoxy) is 1. The minimum atomic E-state index is -3.28. The first-order valence-corrected chi connectivity index (χ1v) is 11.4. The molecule has 1 fully saturated rings. The standard InChI is InChI=1S/C18H34N6O3S.HI/c1-16(2)27-12-13-28(25,26)24-10-8-22(9-11-24)18(19-4)20-14-17(3)15-23-7-5-6-21-23;/h5-7,16-17H,8-15H2,1-4H3,(H,19,20);1H. The van der Waals surface area contributed by atoms with Crippen molar-refractivity contribution < 1.29 is 13.2 Å². The van der Waals surface area contributed by atoms with Gasteiger partial charge in [0.1, 0.15) is 0 Å². The van der Waals surface area contributed by atoms with Gasteiger partial charge in [-0.15, -0.1) is 24.0 Å². The predicted molar refractivity (Wildman–Crippen MR) is 126 cm³/mol. The molecule has 0 aromatic carbocycles. The molecule has 9 nitrogen and oxygen atoms in total. The van der Waals surface area contributed by atoms with E-state index in [1.165, 1.54) is 0 Å². The van der Waals surface area contributed by atoms with Gasteiger partial charge >= 0.3 is 0 Å². The Balaban J connectivity index is 0.00000420. The Morgan fingerprint density at radius 3 is 2.48 bits per heavy atom. The molecule has 0 amide bonds. The molecule has 1 aromatic rings. The third kappa shape index (κ3) is 8.77. The van der Waals surface area contributed by atoms with Crippen LogP contribution in [-0.4, -0.2) is 91.6 Å². The topological polar surface area (TPSA) is 92.1 Å². The Morgan fingerprint density at radius 1 is 1.24 bits per heavy atom. The van der Waals surface area contributed by atoms with Crippen molar-refractivity contribution in [3.8, 4) is 0 Å². The van der Waals surface area contributed by atoms with Gasteiger partial charge in [-0.1, -0.05) is 6.92 Å². The summed E-state index contributed by atoms with van der Waals surface area (Å²) >= 11 is 0. The van der Waals surface area contributed by atoms with Crippen LogP contribution in [-0.2, 0) is 21.3 Å². The lowest BCUT2D eigenvalue weighted by Gasteiger charge is -2.36. The van der Waals surface area contributed by atoms with E-state index in [4.69, 9.17) is 4.74 Å². The molecule has 29 heavy (non-hydrogen) atoms. The van der Waals surface area contributed by atoms with Gasteiger partial charge in [0, 0.05) is 58.7 Å². The van der Waals surface area contributed by atoms with E-state index in [9.17, 15) is 8.42 Å². The first-order valence-electron chi connectivity index (χ1n) is 9.84. The van der Waals surface area contributed by atoms with Gasteiger partial charge in [-0.2, -0.15) is 9.40 Å². The van der Waals surface area contributed by atoms with E-state index in [0.717, 1.165) is 19.0 Å². The lowest BCUT2D eigenvalue weighted by atomic mass is 10.2. The van der Waals surface area contributed by atoms with Crippen molar-refractivity contribution in [1.29, 1.82) is 0 Å². The maximum absolute atomic E-state index is 12.5. The molecule has 0 radical (unpaired) electrons. The Labute approximate surface area is 191 Å². The van der Waals surface area contributed by atoms with Gasteiger partial charge in [-0.3, -0.25) is 9.67 Å². The monoisotopic (exact) mass is 542 g/mol. The number of halogens is 1. The van der Waals surface area contributed by atoms with Gasteiger partial charge in [-0.25, -0.2) is 8.42 Å². The molecule has 0 aliphatic carbocycles. The number of aromatic nitrogens is 2. The van der Waals surface area contributed by atoms with Crippen molar-refractivity contribution in [1.82, 2.24) is 24.3 Å². The van der Waals surface area contributed by atoms with Crippen LogP contribution in [0.15, 0.2) is 23.5 Å². The van der Waals surface area contributed by atoms with Gasteiger partial charge in [0.15, 0.2) is 5.96 Å². The molecule has 0 bridgehead atoms. The molecular formula is C18H35IN6O3S. The third-order valence-corrected chi connectivity index (χ3v) is 6.44. The highest BCUT2D eigenvalue weighted by Gasteiger charge is 2.28. The molecule has 1 aliphatic rings. The number of piperazine rings is 1.